The van der Waals surface area contributed by atoms with Gasteiger partial charge in [0.25, 0.3) is 5.95 Å². The molecule has 5 rings (SSSR count). The average molecular weight is 495 g/mol. The Hall–Kier alpha value is -2.41. The highest BCUT2D eigenvalue weighted by molar-refractivity contribution is 5.66. The number of nitrogens with one attached hydrogen (secondary N) is 1. The molecule has 1 aromatic carbocycles. The molecule has 0 spiro atoms. The average Bonchev–Trinajstić information content (AvgIpc) is 3.36. The van der Waals surface area contributed by atoms with Gasteiger partial charge in [0.1, 0.15) is 0 Å². The van der Waals surface area contributed by atoms with Gasteiger partial charge in [-0.2, -0.15) is 4.98 Å². The number of aryl methyl sites for hydroxylation is 1. The van der Waals surface area contributed by atoms with E-state index in [1.807, 2.05) is 0 Å². The summed E-state index contributed by atoms with van der Waals surface area (Å²) in [5.74, 6) is 2.99. The van der Waals surface area contributed by atoms with Gasteiger partial charge in [-0.1, -0.05) is 51.7 Å². The quantitative estimate of drug-likeness (QED) is 0.422. The predicted octanol–water partition coefficient (Wildman–Crippen LogP) is 5.86. The Kier molecular flexibility index (Phi) is 7.65. The monoisotopic (exact) mass is 494 g/mol. The number of carboxylic acid groups (broad SMARTS) is 1. The zero-order valence-electron chi connectivity index (χ0n) is 22.0. The fourth-order valence-corrected chi connectivity index (χ4v) is 6.81. The second-order valence-corrected chi connectivity index (χ2v) is 12.1. The van der Waals surface area contributed by atoms with Gasteiger partial charge in [-0.05, 0) is 78.1 Å². The van der Waals surface area contributed by atoms with Crippen molar-refractivity contribution >= 4 is 17.6 Å². The van der Waals surface area contributed by atoms with E-state index in [4.69, 9.17) is 14.6 Å². The van der Waals surface area contributed by atoms with Gasteiger partial charge in [0.05, 0.1) is 6.42 Å². The molecule has 7 heteroatoms. The van der Waals surface area contributed by atoms with Gasteiger partial charge < -0.3 is 19.8 Å². The molecule has 0 amide bonds. The lowest BCUT2D eigenvalue weighted by Gasteiger charge is -2.38. The normalized spacial score (nSPS) is 24.3. The summed E-state index contributed by atoms with van der Waals surface area (Å²) in [6.45, 7) is 6.67. The summed E-state index contributed by atoms with van der Waals surface area (Å²) < 4.78 is 5.86. The van der Waals surface area contributed by atoms with Crippen molar-refractivity contribution in [2.24, 2.45) is 17.3 Å². The molecule has 0 saturated heterocycles. The highest BCUT2D eigenvalue weighted by atomic mass is 16.5. The third-order valence-electron chi connectivity index (χ3n) is 8.63. The number of benzene rings is 1. The molecule has 2 aliphatic carbocycles. The molecule has 196 valence electrons. The number of nitrogens with zero attached hydrogens (tertiary/aromatic N) is 3. The number of anilines is 2. The Morgan fingerprint density at radius 1 is 1.17 bits per heavy atom. The second-order valence-electron chi connectivity index (χ2n) is 12.1. The predicted molar refractivity (Wildman–Crippen MR) is 141 cm³/mol. The Morgan fingerprint density at radius 2 is 2.00 bits per heavy atom. The lowest BCUT2D eigenvalue weighted by Crippen LogP contribution is -2.32. The van der Waals surface area contributed by atoms with E-state index >= 15 is 0 Å². The SMILES string of the molecule is CC(C)(CNCCC(=O)O)Cc1ccc2c(c1)CCCN2c1noc(C2CCC3CCCCC3C2)n1. The molecule has 0 bridgehead atoms. The molecule has 1 aliphatic heterocycles. The summed E-state index contributed by atoms with van der Waals surface area (Å²) in [6.07, 6.45) is 12.5. The molecule has 36 heavy (non-hydrogen) atoms. The summed E-state index contributed by atoms with van der Waals surface area (Å²) in [7, 11) is 0. The van der Waals surface area contributed by atoms with Crippen LogP contribution in [0, 0.1) is 17.3 Å². The molecule has 2 N–H and O–H groups in total. The largest absolute Gasteiger partial charge is 0.481 e. The highest BCUT2D eigenvalue weighted by Crippen LogP contribution is 2.46. The first-order chi connectivity index (χ1) is 17.4. The number of fused-ring (bicyclic) bond motifs is 2. The van der Waals surface area contributed by atoms with Gasteiger partial charge in [-0.25, -0.2) is 0 Å². The van der Waals surface area contributed by atoms with Crippen LogP contribution in [-0.2, 0) is 17.6 Å². The van der Waals surface area contributed by atoms with E-state index in [0.717, 1.165) is 50.1 Å². The van der Waals surface area contributed by atoms with Gasteiger partial charge in [0.15, 0.2) is 0 Å². The van der Waals surface area contributed by atoms with Crippen LogP contribution in [0.3, 0.4) is 0 Å². The summed E-state index contributed by atoms with van der Waals surface area (Å²) >= 11 is 0. The van der Waals surface area contributed by atoms with E-state index in [1.54, 1.807) is 0 Å². The summed E-state index contributed by atoms with van der Waals surface area (Å²) in [6, 6.07) is 6.79. The van der Waals surface area contributed by atoms with Gasteiger partial charge in [0, 0.05) is 31.2 Å². The van der Waals surface area contributed by atoms with Crippen LogP contribution < -0.4 is 10.2 Å². The van der Waals surface area contributed by atoms with Crippen LogP contribution in [-0.4, -0.2) is 40.9 Å². The van der Waals surface area contributed by atoms with Crippen molar-refractivity contribution in [3.63, 3.8) is 0 Å². The number of aliphatic carboxylic acids is 1. The second kappa shape index (κ2) is 10.9. The van der Waals surface area contributed by atoms with E-state index < -0.39 is 5.97 Å². The summed E-state index contributed by atoms with van der Waals surface area (Å²) in [5, 5.41) is 16.6. The maximum Gasteiger partial charge on any atom is 0.304 e. The summed E-state index contributed by atoms with van der Waals surface area (Å²) in [4.78, 5) is 17.9. The number of hydrogen-bond acceptors (Lipinski definition) is 6. The van der Waals surface area contributed by atoms with Crippen LogP contribution in [0.5, 0.6) is 0 Å². The number of carbonyl (C=O) groups is 1. The zero-order chi connectivity index (χ0) is 25.1. The van der Waals surface area contributed by atoms with Gasteiger partial charge in [-0.15, -0.1) is 0 Å². The van der Waals surface area contributed by atoms with Crippen LogP contribution in [0.25, 0.3) is 0 Å². The van der Waals surface area contributed by atoms with Crippen molar-refractivity contribution in [1.82, 2.24) is 15.5 Å². The molecule has 2 heterocycles. The van der Waals surface area contributed by atoms with Crippen molar-refractivity contribution < 1.29 is 14.4 Å². The molecule has 2 saturated carbocycles. The van der Waals surface area contributed by atoms with Crippen molar-refractivity contribution in [1.29, 1.82) is 0 Å². The molecular weight excluding hydrogens is 452 g/mol. The zero-order valence-corrected chi connectivity index (χ0v) is 22.0. The van der Waals surface area contributed by atoms with Crippen molar-refractivity contribution in [3.8, 4) is 0 Å². The van der Waals surface area contributed by atoms with E-state index in [0.29, 0.717) is 18.4 Å². The minimum absolute atomic E-state index is 0.0427. The third kappa shape index (κ3) is 5.93. The minimum Gasteiger partial charge on any atom is -0.481 e. The Morgan fingerprint density at radius 3 is 2.83 bits per heavy atom. The van der Waals surface area contributed by atoms with E-state index in [9.17, 15) is 4.79 Å². The Bertz CT molecular complexity index is 1050. The molecule has 0 radical (unpaired) electrons. The fraction of sp³-hybridized carbons (Fsp3) is 0.690. The molecule has 2 fully saturated rings. The molecule has 3 aliphatic rings. The molecule has 1 aromatic heterocycles. The smallest absolute Gasteiger partial charge is 0.304 e. The first-order valence-corrected chi connectivity index (χ1v) is 14.0. The Labute approximate surface area is 215 Å². The third-order valence-corrected chi connectivity index (χ3v) is 8.63. The fourth-order valence-electron chi connectivity index (χ4n) is 6.81. The van der Waals surface area contributed by atoms with E-state index in [-0.39, 0.29) is 11.8 Å². The van der Waals surface area contributed by atoms with Crippen LogP contribution in [0.4, 0.5) is 11.6 Å². The minimum atomic E-state index is -0.759. The standard InChI is InChI=1S/C29H42N4O3/c1-29(2,19-30-14-13-26(34)35)18-20-9-12-25-23(16-20)8-5-15-33(25)28-31-27(36-32-28)24-11-10-21-6-3-4-7-22(21)17-24/h9,12,16,21-22,24,30H,3-8,10-11,13-15,17-19H2,1-2H3,(H,34,35). The van der Waals surface area contributed by atoms with Crippen molar-refractivity contribution in [2.75, 3.05) is 24.5 Å². The lowest BCUT2D eigenvalue weighted by atomic mass is 9.67. The van der Waals surface area contributed by atoms with Crippen molar-refractivity contribution in [3.05, 3.63) is 35.2 Å². The van der Waals surface area contributed by atoms with Gasteiger partial charge >= 0.3 is 5.97 Å². The topological polar surface area (TPSA) is 91.5 Å². The number of rotatable bonds is 9. The molecule has 7 nitrogen and oxygen atoms in total. The van der Waals surface area contributed by atoms with E-state index in [2.05, 4.69) is 47.4 Å². The van der Waals surface area contributed by atoms with Gasteiger partial charge in [-0.3, -0.25) is 4.79 Å². The Balaban J connectivity index is 1.23. The lowest BCUT2D eigenvalue weighted by molar-refractivity contribution is -0.136. The van der Waals surface area contributed by atoms with Crippen LogP contribution >= 0.6 is 0 Å². The van der Waals surface area contributed by atoms with Crippen LogP contribution in [0.15, 0.2) is 22.7 Å². The number of hydrogen-bond donors (Lipinski definition) is 2. The maximum atomic E-state index is 10.8. The van der Waals surface area contributed by atoms with Crippen molar-refractivity contribution in [2.45, 2.75) is 90.4 Å². The molecule has 3 unspecified atom stereocenters. The van der Waals surface area contributed by atoms with Gasteiger partial charge in [0.2, 0.25) is 5.89 Å². The molecular formula is C29H42N4O3. The highest BCUT2D eigenvalue weighted by Gasteiger charge is 2.35. The number of carboxylic acids is 1. The van der Waals surface area contributed by atoms with Crippen LogP contribution in [0.2, 0.25) is 0 Å². The van der Waals surface area contributed by atoms with Crippen LogP contribution in [0.1, 0.15) is 94.6 Å². The maximum absolute atomic E-state index is 10.8. The molecule has 2 aromatic rings. The van der Waals surface area contributed by atoms with E-state index in [1.165, 1.54) is 61.8 Å². The number of aromatic nitrogens is 2. The molecule has 3 atom stereocenters. The first-order valence-electron chi connectivity index (χ1n) is 14.0. The summed E-state index contributed by atoms with van der Waals surface area (Å²) in [5.41, 5.74) is 3.91. The first kappa shape index (κ1) is 25.2.